The van der Waals surface area contributed by atoms with Gasteiger partial charge in [0.05, 0.1) is 0 Å². The minimum atomic E-state index is 0.0304. The molecular weight excluding hydrogens is 120 g/mol. The van der Waals surface area contributed by atoms with Crippen molar-refractivity contribution < 1.29 is 5.11 Å². The zero-order valence-corrected chi connectivity index (χ0v) is 5.06. The molecule has 0 unspecified atom stereocenters. The number of rotatable bonds is 0. The van der Waals surface area contributed by atoms with E-state index in [9.17, 15) is 5.11 Å². The van der Waals surface area contributed by atoms with Crippen LogP contribution in [0.25, 0.3) is 0 Å². The number of benzene rings is 1. The van der Waals surface area contributed by atoms with Gasteiger partial charge >= 0.3 is 0 Å². The zero-order valence-electron chi connectivity index (χ0n) is 4.16. The Morgan fingerprint density at radius 3 is 2.00 bits per heavy atom. The molecule has 0 atom stereocenters. The van der Waals surface area contributed by atoms with Crippen molar-refractivity contribution in [2.45, 2.75) is 4.90 Å². The molecule has 0 aliphatic rings. The molecule has 0 bridgehead atoms. The maximum atomic E-state index is 10.4. The Balaban J connectivity index is 3.03. The van der Waals surface area contributed by atoms with E-state index in [-0.39, 0.29) is 5.75 Å². The third-order valence-corrected chi connectivity index (χ3v) is 1.13. The summed E-state index contributed by atoms with van der Waals surface area (Å²) in [5.41, 5.74) is 0. The van der Waals surface area contributed by atoms with Crippen molar-refractivity contribution in [1.29, 1.82) is 0 Å². The largest absolute Gasteiger partial charge is 0.290 e. The Morgan fingerprint density at radius 1 is 1.12 bits per heavy atom. The van der Waals surface area contributed by atoms with Crippen LogP contribution in [0.2, 0.25) is 0 Å². The molecule has 0 aromatic heterocycles. The van der Waals surface area contributed by atoms with Gasteiger partial charge < -0.3 is 0 Å². The average Bonchev–Trinajstić information content (AvgIpc) is 1.77. The fourth-order valence-electron chi connectivity index (χ4n) is 0.446. The predicted molar refractivity (Wildman–Crippen MR) is 33.8 cm³/mol. The Bertz CT molecular complexity index is 147. The molecule has 2 heteroatoms. The van der Waals surface area contributed by atoms with Gasteiger partial charge in [-0.2, -0.15) is 0 Å². The van der Waals surface area contributed by atoms with Crippen LogP contribution in [0.15, 0.2) is 29.2 Å². The fraction of sp³-hybridized carbons (Fsp3) is 0. The van der Waals surface area contributed by atoms with E-state index in [2.05, 4.69) is 12.6 Å². The van der Waals surface area contributed by atoms with Gasteiger partial charge in [-0.05, 0) is 24.3 Å². The highest BCUT2D eigenvalue weighted by atomic mass is 32.1. The van der Waals surface area contributed by atoms with Crippen LogP contribution in [0.5, 0.6) is 5.75 Å². The van der Waals surface area contributed by atoms with Crippen molar-refractivity contribution in [3.05, 3.63) is 24.3 Å². The summed E-state index contributed by atoms with van der Waals surface area (Å²) >= 11 is 3.99. The Kier molecular flexibility index (Phi) is 1.44. The van der Waals surface area contributed by atoms with Crippen molar-refractivity contribution >= 4 is 12.6 Å². The SMILES string of the molecule is [O]c1ccc(S)cc1. The van der Waals surface area contributed by atoms with Gasteiger partial charge in [-0.15, -0.1) is 12.6 Å². The van der Waals surface area contributed by atoms with E-state index < -0.39 is 0 Å². The van der Waals surface area contributed by atoms with Gasteiger partial charge in [0.2, 0.25) is 0 Å². The van der Waals surface area contributed by atoms with Crippen LogP contribution < -0.4 is 0 Å². The smallest absolute Gasteiger partial charge is 0.178 e. The summed E-state index contributed by atoms with van der Waals surface area (Å²) in [7, 11) is 0. The molecular formula is C6H5OS. The molecule has 0 amide bonds. The zero-order chi connectivity index (χ0) is 5.98. The lowest BCUT2D eigenvalue weighted by molar-refractivity contribution is 0.354. The molecule has 0 N–H and O–H groups in total. The van der Waals surface area contributed by atoms with Crippen LogP contribution in [-0.4, -0.2) is 0 Å². The Morgan fingerprint density at radius 2 is 1.62 bits per heavy atom. The van der Waals surface area contributed by atoms with Crippen molar-refractivity contribution in [2.75, 3.05) is 0 Å². The quantitative estimate of drug-likeness (QED) is 0.512. The molecule has 41 valence electrons. The number of thiol groups is 1. The third kappa shape index (κ3) is 1.17. The first-order valence-corrected chi connectivity index (χ1v) is 2.70. The van der Waals surface area contributed by atoms with E-state index in [0.29, 0.717) is 0 Å². The summed E-state index contributed by atoms with van der Waals surface area (Å²) in [6.07, 6.45) is 0. The lowest BCUT2D eigenvalue weighted by Crippen LogP contribution is -1.60. The summed E-state index contributed by atoms with van der Waals surface area (Å²) in [4.78, 5) is 0.824. The van der Waals surface area contributed by atoms with Gasteiger partial charge in [0.15, 0.2) is 5.75 Å². The molecule has 1 radical (unpaired) electrons. The van der Waals surface area contributed by atoms with Crippen molar-refractivity contribution in [2.24, 2.45) is 0 Å². The Labute approximate surface area is 53.4 Å². The van der Waals surface area contributed by atoms with E-state index in [4.69, 9.17) is 0 Å². The second-order valence-electron chi connectivity index (χ2n) is 1.49. The minimum Gasteiger partial charge on any atom is -0.290 e. The highest BCUT2D eigenvalue weighted by molar-refractivity contribution is 7.80. The van der Waals surface area contributed by atoms with Crippen LogP contribution in [0.1, 0.15) is 0 Å². The third-order valence-electron chi connectivity index (χ3n) is 0.837. The molecule has 8 heavy (non-hydrogen) atoms. The normalized spacial score (nSPS) is 9.12. The summed E-state index contributed by atoms with van der Waals surface area (Å²) in [6, 6.07) is 6.32. The number of hydrogen-bond donors (Lipinski definition) is 1. The van der Waals surface area contributed by atoms with Crippen molar-refractivity contribution in [3.8, 4) is 5.75 Å². The van der Waals surface area contributed by atoms with E-state index in [1.165, 1.54) is 12.1 Å². The van der Waals surface area contributed by atoms with E-state index in [0.717, 1.165) is 4.90 Å². The molecule has 1 aromatic rings. The summed E-state index contributed by atoms with van der Waals surface area (Å²) in [5.74, 6) is 0.0304. The van der Waals surface area contributed by atoms with Gasteiger partial charge in [-0.25, -0.2) is 0 Å². The van der Waals surface area contributed by atoms with Crippen LogP contribution in [0.3, 0.4) is 0 Å². The Hall–Kier alpha value is -0.630. The lowest BCUT2D eigenvalue weighted by Gasteiger charge is -1.85. The average molecular weight is 125 g/mol. The summed E-state index contributed by atoms with van der Waals surface area (Å²) < 4.78 is 0. The lowest BCUT2D eigenvalue weighted by atomic mass is 10.3. The molecule has 1 nitrogen and oxygen atoms in total. The first-order valence-electron chi connectivity index (χ1n) is 2.25. The second-order valence-corrected chi connectivity index (χ2v) is 2.01. The predicted octanol–water partition coefficient (Wildman–Crippen LogP) is 2.12. The van der Waals surface area contributed by atoms with Gasteiger partial charge in [0.1, 0.15) is 0 Å². The minimum absolute atomic E-state index is 0.0304. The topological polar surface area (TPSA) is 19.9 Å². The monoisotopic (exact) mass is 125 g/mol. The maximum absolute atomic E-state index is 10.4. The van der Waals surface area contributed by atoms with Crippen molar-refractivity contribution in [1.82, 2.24) is 0 Å². The first-order chi connectivity index (χ1) is 3.79. The highest BCUT2D eigenvalue weighted by Gasteiger charge is 1.85. The van der Waals surface area contributed by atoms with Crippen LogP contribution in [0.4, 0.5) is 0 Å². The fourth-order valence-corrected chi connectivity index (χ4v) is 0.595. The van der Waals surface area contributed by atoms with Gasteiger partial charge in [-0.3, -0.25) is 5.11 Å². The molecule has 0 fully saturated rings. The van der Waals surface area contributed by atoms with Crippen molar-refractivity contribution in [3.63, 3.8) is 0 Å². The molecule has 0 saturated carbocycles. The van der Waals surface area contributed by atoms with Crippen LogP contribution in [0, 0.1) is 0 Å². The van der Waals surface area contributed by atoms with Crippen LogP contribution in [-0.2, 0) is 5.11 Å². The molecule has 0 aliphatic heterocycles. The van der Waals surface area contributed by atoms with Gasteiger partial charge in [0.25, 0.3) is 0 Å². The molecule has 0 spiro atoms. The van der Waals surface area contributed by atoms with E-state index in [1.807, 2.05) is 0 Å². The molecule has 1 rings (SSSR count). The first kappa shape index (κ1) is 5.51. The molecule has 0 saturated heterocycles. The van der Waals surface area contributed by atoms with E-state index in [1.54, 1.807) is 12.1 Å². The molecule has 0 heterocycles. The van der Waals surface area contributed by atoms with Gasteiger partial charge in [0, 0.05) is 4.90 Å². The van der Waals surface area contributed by atoms with E-state index >= 15 is 0 Å². The second kappa shape index (κ2) is 2.09. The van der Waals surface area contributed by atoms with Gasteiger partial charge in [-0.1, -0.05) is 0 Å². The molecule has 0 aliphatic carbocycles. The maximum Gasteiger partial charge on any atom is 0.178 e. The number of hydrogen-bond acceptors (Lipinski definition) is 1. The summed E-state index contributed by atoms with van der Waals surface area (Å²) in [6.45, 7) is 0. The highest BCUT2D eigenvalue weighted by Crippen LogP contribution is 2.12. The molecule has 1 aromatic carbocycles. The summed E-state index contributed by atoms with van der Waals surface area (Å²) in [5, 5.41) is 10.4. The van der Waals surface area contributed by atoms with Crippen LogP contribution >= 0.6 is 12.6 Å². The standard InChI is InChI=1S/C6H5OS/c7-5-1-3-6(8)4-2-5/h1-4,8H.